The lowest BCUT2D eigenvalue weighted by Gasteiger charge is -1.98. The molecule has 0 aliphatic rings. The second-order valence-electron chi connectivity index (χ2n) is 5.30. The number of aromatic nitrogens is 2. The van der Waals surface area contributed by atoms with Crippen LogP contribution in [0.3, 0.4) is 0 Å². The van der Waals surface area contributed by atoms with Crippen LogP contribution in [-0.4, -0.2) is 10.1 Å². The van der Waals surface area contributed by atoms with E-state index in [1.54, 1.807) is 23.9 Å². The second kappa shape index (κ2) is 7.17. The van der Waals surface area contributed by atoms with Crippen molar-refractivity contribution in [3.63, 3.8) is 0 Å². The molecule has 4 aromatic rings. The molecule has 0 saturated carbocycles. The van der Waals surface area contributed by atoms with Crippen molar-refractivity contribution in [2.24, 2.45) is 0 Å². The van der Waals surface area contributed by atoms with E-state index in [4.69, 9.17) is 20.5 Å². The number of hydrogen-bond donors (Lipinski definition) is 0. The molecule has 0 N–H and O–H groups in total. The molecule has 0 saturated heterocycles. The zero-order valence-electron chi connectivity index (χ0n) is 13.1. The zero-order chi connectivity index (χ0) is 17.1. The van der Waals surface area contributed by atoms with Gasteiger partial charge < -0.3 is 8.94 Å². The van der Waals surface area contributed by atoms with E-state index in [1.807, 2.05) is 42.5 Å². The van der Waals surface area contributed by atoms with Crippen LogP contribution in [0.15, 0.2) is 80.6 Å². The van der Waals surface area contributed by atoms with Gasteiger partial charge in [0, 0.05) is 15.5 Å². The van der Waals surface area contributed by atoms with Crippen molar-refractivity contribution in [3.8, 4) is 23.0 Å². The Morgan fingerprint density at radius 3 is 2.52 bits per heavy atom. The summed E-state index contributed by atoms with van der Waals surface area (Å²) in [6.07, 6.45) is 0. The molecule has 2 heterocycles. The molecule has 0 spiro atoms. The summed E-state index contributed by atoms with van der Waals surface area (Å²) in [4.78, 5) is 5.59. The third-order valence-electron chi connectivity index (χ3n) is 3.53. The Bertz CT molecular complexity index is 965. The summed E-state index contributed by atoms with van der Waals surface area (Å²) in [5.74, 6) is 3.03. The molecular weight excluding hydrogens is 356 g/mol. The maximum Gasteiger partial charge on any atom is 0.293 e. The largest absolute Gasteiger partial charge is 0.455 e. The van der Waals surface area contributed by atoms with Crippen LogP contribution in [0.4, 0.5) is 0 Å². The molecule has 124 valence electrons. The van der Waals surface area contributed by atoms with Gasteiger partial charge in [0.05, 0.1) is 5.75 Å². The molecule has 25 heavy (non-hydrogen) atoms. The van der Waals surface area contributed by atoms with Crippen LogP contribution < -0.4 is 0 Å². The van der Waals surface area contributed by atoms with E-state index in [9.17, 15) is 0 Å². The number of nitrogens with zero attached hydrogens (tertiary/aromatic N) is 2. The predicted octanol–water partition coefficient (Wildman–Crippen LogP) is 5.94. The van der Waals surface area contributed by atoms with Gasteiger partial charge in [0.25, 0.3) is 5.89 Å². The third kappa shape index (κ3) is 3.78. The minimum absolute atomic E-state index is 0.362. The van der Waals surface area contributed by atoms with Gasteiger partial charge in [-0.3, -0.25) is 0 Å². The van der Waals surface area contributed by atoms with Crippen LogP contribution in [-0.2, 0) is 5.75 Å². The predicted molar refractivity (Wildman–Crippen MR) is 98.4 cm³/mol. The molecule has 0 bridgehead atoms. The average Bonchev–Trinajstić information content (AvgIpc) is 3.31. The molecule has 4 nitrogen and oxygen atoms in total. The molecule has 0 fully saturated rings. The smallest absolute Gasteiger partial charge is 0.293 e. The minimum Gasteiger partial charge on any atom is -0.455 e. The fraction of sp³-hybridized carbons (Fsp3) is 0.0526. The van der Waals surface area contributed by atoms with Gasteiger partial charge in [0.2, 0.25) is 5.82 Å². The number of thioether (sulfide) groups is 1. The molecule has 0 radical (unpaired) electrons. The molecule has 0 aliphatic heterocycles. The van der Waals surface area contributed by atoms with Crippen LogP contribution in [0, 0.1) is 0 Å². The van der Waals surface area contributed by atoms with E-state index >= 15 is 0 Å². The van der Waals surface area contributed by atoms with E-state index in [-0.39, 0.29) is 0 Å². The van der Waals surface area contributed by atoms with Crippen LogP contribution in [0.25, 0.3) is 23.0 Å². The molecule has 4 rings (SSSR count). The lowest BCUT2D eigenvalue weighted by molar-refractivity contribution is 0.413. The molecule has 0 amide bonds. The fourth-order valence-electron chi connectivity index (χ4n) is 2.28. The van der Waals surface area contributed by atoms with Gasteiger partial charge in [-0.05, 0) is 48.5 Å². The van der Waals surface area contributed by atoms with Crippen LogP contribution in [0.1, 0.15) is 5.76 Å². The highest BCUT2D eigenvalue weighted by Crippen LogP contribution is 2.28. The van der Waals surface area contributed by atoms with Crippen molar-refractivity contribution in [2.75, 3.05) is 0 Å². The first-order valence-electron chi connectivity index (χ1n) is 7.64. The van der Waals surface area contributed by atoms with Gasteiger partial charge in [0.1, 0.15) is 5.76 Å². The number of halogens is 1. The fourth-order valence-corrected chi connectivity index (χ4v) is 3.22. The van der Waals surface area contributed by atoms with E-state index in [1.165, 1.54) is 4.90 Å². The first-order valence-corrected chi connectivity index (χ1v) is 9.01. The first-order chi connectivity index (χ1) is 12.3. The van der Waals surface area contributed by atoms with Gasteiger partial charge in [-0.2, -0.15) is 4.98 Å². The van der Waals surface area contributed by atoms with Crippen molar-refractivity contribution in [1.82, 2.24) is 10.1 Å². The normalized spacial score (nSPS) is 10.9. The average molecular weight is 369 g/mol. The highest BCUT2D eigenvalue weighted by atomic mass is 35.5. The van der Waals surface area contributed by atoms with Crippen LogP contribution in [0.2, 0.25) is 5.02 Å². The highest BCUT2D eigenvalue weighted by Gasteiger charge is 2.14. The number of furan rings is 1. The summed E-state index contributed by atoms with van der Waals surface area (Å²) in [5.41, 5.74) is 0.839. The Balaban J connectivity index is 1.48. The summed E-state index contributed by atoms with van der Waals surface area (Å²) in [7, 11) is 0. The maximum absolute atomic E-state index is 5.90. The summed E-state index contributed by atoms with van der Waals surface area (Å²) in [5, 5.41) is 4.67. The first kappa shape index (κ1) is 16.0. The summed E-state index contributed by atoms with van der Waals surface area (Å²) < 4.78 is 11.1. The van der Waals surface area contributed by atoms with Crippen molar-refractivity contribution >= 4 is 23.4 Å². The lowest BCUT2D eigenvalue weighted by atomic mass is 10.2. The van der Waals surface area contributed by atoms with Gasteiger partial charge in [-0.25, -0.2) is 0 Å². The third-order valence-corrected chi connectivity index (χ3v) is 4.81. The molecular formula is C19H13ClN2O2S. The SMILES string of the molecule is Clc1ccc(-c2noc(-c3ccc(CSc4ccccc4)o3)n2)cc1. The quantitative estimate of drug-likeness (QED) is 0.408. The molecule has 2 aromatic carbocycles. The van der Waals surface area contributed by atoms with Crippen molar-refractivity contribution in [1.29, 1.82) is 0 Å². The standard InChI is InChI=1S/C19H13ClN2O2S/c20-14-8-6-13(7-9-14)18-21-19(24-22-18)17-11-10-15(23-17)12-25-16-4-2-1-3-5-16/h1-11H,12H2. The maximum atomic E-state index is 5.90. The Morgan fingerprint density at radius 2 is 1.72 bits per heavy atom. The molecule has 0 aliphatic carbocycles. The Labute approximate surface area is 153 Å². The Morgan fingerprint density at radius 1 is 0.920 bits per heavy atom. The Hall–Kier alpha value is -2.50. The van der Waals surface area contributed by atoms with E-state index in [0.717, 1.165) is 17.1 Å². The van der Waals surface area contributed by atoms with Crippen molar-refractivity contribution in [3.05, 3.63) is 77.5 Å². The van der Waals surface area contributed by atoms with Crippen LogP contribution in [0.5, 0.6) is 0 Å². The molecule has 6 heteroatoms. The number of benzene rings is 2. The monoisotopic (exact) mass is 368 g/mol. The lowest BCUT2D eigenvalue weighted by Crippen LogP contribution is -1.80. The number of rotatable bonds is 5. The van der Waals surface area contributed by atoms with Gasteiger partial charge in [-0.1, -0.05) is 35.0 Å². The Kier molecular flexibility index (Phi) is 4.59. The summed E-state index contributed by atoms with van der Waals surface area (Å²) in [6, 6.07) is 21.2. The van der Waals surface area contributed by atoms with E-state index in [0.29, 0.717) is 22.5 Å². The highest BCUT2D eigenvalue weighted by molar-refractivity contribution is 7.98. The number of hydrogen-bond acceptors (Lipinski definition) is 5. The molecule has 2 aromatic heterocycles. The minimum atomic E-state index is 0.362. The van der Waals surface area contributed by atoms with E-state index < -0.39 is 0 Å². The molecule has 0 unspecified atom stereocenters. The topological polar surface area (TPSA) is 52.1 Å². The van der Waals surface area contributed by atoms with Gasteiger partial charge >= 0.3 is 0 Å². The van der Waals surface area contributed by atoms with Crippen LogP contribution >= 0.6 is 23.4 Å². The summed E-state index contributed by atoms with van der Waals surface area (Å²) in [6.45, 7) is 0. The molecule has 0 atom stereocenters. The second-order valence-corrected chi connectivity index (χ2v) is 6.78. The van der Waals surface area contributed by atoms with E-state index in [2.05, 4.69) is 22.3 Å². The van der Waals surface area contributed by atoms with Crippen molar-refractivity contribution < 1.29 is 8.94 Å². The van der Waals surface area contributed by atoms with Crippen molar-refractivity contribution in [2.45, 2.75) is 10.6 Å². The zero-order valence-corrected chi connectivity index (χ0v) is 14.6. The van der Waals surface area contributed by atoms with Gasteiger partial charge in [0.15, 0.2) is 5.76 Å². The summed E-state index contributed by atoms with van der Waals surface area (Å²) >= 11 is 7.61. The van der Waals surface area contributed by atoms with Gasteiger partial charge in [-0.15, -0.1) is 11.8 Å².